The predicted molar refractivity (Wildman–Crippen MR) is 131 cm³/mol. The number of aryl methyl sites for hydroxylation is 1. The number of carbonyl (C=O) groups is 1. The Kier molecular flexibility index (Phi) is 7.18. The highest BCUT2D eigenvalue weighted by molar-refractivity contribution is 9.10. The van der Waals surface area contributed by atoms with Gasteiger partial charge in [-0.2, -0.15) is 4.98 Å². The number of fused-ring (bicyclic) bond motifs is 1. The Morgan fingerprint density at radius 2 is 1.81 bits per heavy atom. The molecule has 1 aromatic heterocycles. The molecule has 0 atom stereocenters. The molecule has 0 aliphatic heterocycles. The number of methoxy groups -OCH3 is 1. The topological polar surface area (TPSA) is 79.4 Å². The number of hydrogen-bond donors (Lipinski definition) is 2. The predicted octanol–water partition coefficient (Wildman–Crippen LogP) is 4.35. The van der Waals surface area contributed by atoms with Crippen LogP contribution in [0.2, 0.25) is 0 Å². The molecule has 4 rings (SSSR count). The normalized spacial score (nSPS) is 20.2. The van der Waals surface area contributed by atoms with Crippen LogP contribution in [0.15, 0.2) is 22.7 Å². The summed E-state index contributed by atoms with van der Waals surface area (Å²) < 4.78 is 6.03. The number of amides is 1. The molecule has 8 heteroatoms. The quantitative estimate of drug-likeness (QED) is 0.612. The third kappa shape index (κ3) is 5.17. The van der Waals surface area contributed by atoms with E-state index in [1.807, 2.05) is 12.1 Å². The summed E-state index contributed by atoms with van der Waals surface area (Å²) in [6.45, 7) is 0. The van der Waals surface area contributed by atoms with Crippen LogP contribution in [0.1, 0.15) is 60.1 Å². The van der Waals surface area contributed by atoms with Crippen molar-refractivity contribution in [3.8, 4) is 5.75 Å². The van der Waals surface area contributed by atoms with Crippen LogP contribution < -0.4 is 20.3 Å². The number of carbonyl (C=O) groups excluding carboxylic acids is 1. The van der Waals surface area contributed by atoms with Gasteiger partial charge < -0.3 is 20.3 Å². The zero-order valence-corrected chi connectivity index (χ0v) is 20.7. The monoisotopic (exact) mass is 501 g/mol. The fourth-order valence-electron chi connectivity index (χ4n) is 4.64. The Bertz CT molecular complexity index is 973. The Morgan fingerprint density at radius 3 is 2.53 bits per heavy atom. The maximum Gasteiger partial charge on any atom is 0.252 e. The maximum absolute atomic E-state index is 12.8. The van der Waals surface area contributed by atoms with Crippen LogP contribution in [-0.4, -0.2) is 49.2 Å². The smallest absolute Gasteiger partial charge is 0.252 e. The summed E-state index contributed by atoms with van der Waals surface area (Å²) in [4.78, 5) is 24.6. The van der Waals surface area contributed by atoms with Crippen LogP contribution in [0.4, 0.5) is 11.8 Å². The SMILES string of the molecule is COc1ccc(Br)c(C(=O)N[C@H]2CC[C@@H](Nc3nc4c(c(N(C)C)n3)CCCC4)CC2)c1. The molecule has 1 saturated carbocycles. The number of nitrogens with zero attached hydrogens (tertiary/aromatic N) is 3. The van der Waals surface area contributed by atoms with Gasteiger partial charge in [-0.25, -0.2) is 4.98 Å². The first-order valence-electron chi connectivity index (χ1n) is 11.4. The molecule has 1 heterocycles. The molecule has 0 bridgehead atoms. The van der Waals surface area contributed by atoms with Gasteiger partial charge in [-0.15, -0.1) is 0 Å². The van der Waals surface area contributed by atoms with Crippen molar-refractivity contribution in [3.63, 3.8) is 0 Å². The van der Waals surface area contributed by atoms with Crippen molar-refractivity contribution in [2.24, 2.45) is 0 Å². The van der Waals surface area contributed by atoms with E-state index in [2.05, 4.69) is 45.6 Å². The minimum atomic E-state index is -0.0687. The van der Waals surface area contributed by atoms with Crippen molar-refractivity contribution < 1.29 is 9.53 Å². The second-order valence-electron chi connectivity index (χ2n) is 8.91. The molecular weight excluding hydrogens is 470 g/mol. The van der Waals surface area contributed by atoms with Gasteiger partial charge in [-0.05, 0) is 85.5 Å². The van der Waals surface area contributed by atoms with E-state index in [1.165, 1.54) is 24.1 Å². The molecule has 0 unspecified atom stereocenters. The van der Waals surface area contributed by atoms with E-state index in [9.17, 15) is 4.79 Å². The number of ether oxygens (including phenoxy) is 1. The van der Waals surface area contributed by atoms with Crippen molar-refractivity contribution >= 4 is 33.6 Å². The highest BCUT2D eigenvalue weighted by Gasteiger charge is 2.25. The van der Waals surface area contributed by atoms with Crippen LogP contribution >= 0.6 is 15.9 Å². The van der Waals surface area contributed by atoms with Gasteiger partial charge in [0.25, 0.3) is 5.91 Å². The summed E-state index contributed by atoms with van der Waals surface area (Å²) in [7, 11) is 5.71. The van der Waals surface area contributed by atoms with Crippen LogP contribution in [0.25, 0.3) is 0 Å². The first-order chi connectivity index (χ1) is 15.4. The van der Waals surface area contributed by atoms with Crippen LogP contribution in [0, 0.1) is 0 Å². The van der Waals surface area contributed by atoms with E-state index < -0.39 is 0 Å². The van der Waals surface area contributed by atoms with E-state index in [0.29, 0.717) is 17.4 Å². The number of nitrogens with one attached hydrogen (secondary N) is 2. The Labute approximate surface area is 198 Å². The second kappa shape index (κ2) is 10.1. The average molecular weight is 502 g/mol. The summed E-state index contributed by atoms with van der Waals surface area (Å²) in [6.07, 6.45) is 8.32. The number of rotatable bonds is 6. The van der Waals surface area contributed by atoms with E-state index in [1.54, 1.807) is 13.2 Å². The van der Waals surface area contributed by atoms with Crippen molar-refractivity contribution in [1.29, 1.82) is 0 Å². The Balaban J connectivity index is 1.35. The number of halogens is 1. The fourth-order valence-corrected chi connectivity index (χ4v) is 5.07. The maximum atomic E-state index is 12.8. The zero-order chi connectivity index (χ0) is 22.7. The van der Waals surface area contributed by atoms with Gasteiger partial charge in [0.2, 0.25) is 5.95 Å². The van der Waals surface area contributed by atoms with Crippen molar-refractivity contribution in [3.05, 3.63) is 39.5 Å². The first kappa shape index (κ1) is 22.8. The summed E-state index contributed by atoms with van der Waals surface area (Å²) in [5.74, 6) is 2.39. The highest BCUT2D eigenvalue weighted by Crippen LogP contribution is 2.30. The molecule has 0 spiro atoms. The van der Waals surface area contributed by atoms with Gasteiger partial charge in [0, 0.05) is 36.2 Å². The van der Waals surface area contributed by atoms with E-state index in [0.717, 1.165) is 54.8 Å². The third-order valence-corrected chi connectivity index (χ3v) is 7.09. The molecule has 2 aliphatic carbocycles. The highest BCUT2D eigenvalue weighted by atomic mass is 79.9. The van der Waals surface area contributed by atoms with Gasteiger partial charge in [0.1, 0.15) is 11.6 Å². The second-order valence-corrected chi connectivity index (χ2v) is 9.76. The van der Waals surface area contributed by atoms with Gasteiger partial charge in [0.05, 0.1) is 18.4 Å². The molecule has 32 heavy (non-hydrogen) atoms. The molecule has 2 N–H and O–H groups in total. The lowest BCUT2D eigenvalue weighted by atomic mass is 9.91. The summed E-state index contributed by atoms with van der Waals surface area (Å²) in [5.41, 5.74) is 3.10. The van der Waals surface area contributed by atoms with Gasteiger partial charge in [-0.1, -0.05) is 0 Å². The Hall–Kier alpha value is -2.35. The lowest BCUT2D eigenvalue weighted by Gasteiger charge is -2.30. The lowest BCUT2D eigenvalue weighted by molar-refractivity contribution is 0.0925. The van der Waals surface area contributed by atoms with E-state index in [4.69, 9.17) is 14.7 Å². The number of aromatic nitrogens is 2. The van der Waals surface area contributed by atoms with Crippen molar-refractivity contribution in [2.75, 3.05) is 31.4 Å². The molecule has 172 valence electrons. The Morgan fingerprint density at radius 1 is 1.09 bits per heavy atom. The van der Waals surface area contributed by atoms with Gasteiger partial charge in [-0.3, -0.25) is 4.79 Å². The van der Waals surface area contributed by atoms with Crippen molar-refractivity contribution in [1.82, 2.24) is 15.3 Å². The largest absolute Gasteiger partial charge is 0.497 e. The molecule has 2 aromatic rings. The summed E-state index contributed by atoms with van der Waals surface area (Å²) in [5, 5.41) is 6.76. The summed E-state index contributed by atoms with van der Waals surface area (Å²) in [6, 6.07) is 5.93. The minimum Gasteiger partial charge on any atom is -0.497 e. The van der Waals surface area contributed by atoms with Gasteiger partial charge >= 0.3 is 0 Å². The first-order valence-corrected chi connectivity index (χ1v) is 12.2. The third-order valence-electron chi connectivity index (χ3n) is 6.40. The molecule has 0 saturated heterocycles. The van der Waals surface area contributed by atoms with E-state index >= 15 is 0 Å². The molecule has 2 aliphatic rings. The molecule has 7 nitrogen and oxygen atoms in total. The average Bonchev–Trinajstić information content (AvgIpc) is 2.80. The fraction of sp³-hybridized carbons (Fsp3) is 0.542. The van der Waals surface area contributed by atoms with Crippen LogP contribution in [-0.2, 0) is 12.8 Å². The molecule has 1 aromatic carbocycles. The van der Waals surface area contributed by atoms with Crippen molar-refractivity contribution in [2.45, 2.75) is 63.5 Å². The van der Waals surface area contributed by atoms with Crippen LogP contribution in [0.5, 0.6) is 5.75 Å². The molecule has 1 fully saturated rings. The number of benzene rings is 1. The number of anilines is 2. The summed E-state index contributed by atoms with van der Waals surface area (Å²) >= 11 is 3.47. The zero-order valence-electron chi connectivity index (χ0n) is 19.1. The van der Waals surface area contributed by atoms with Gasteiger partial charge in [0.15, 0.2) is 0 Å². The number of hydrogen-bond acceptors (Lipinski definition) is 6. The minimum absolute atomic E-state index is 0.0687. The lowest BCUT2D eigenvalue weighted by Crippen LogP contribution is -2.40. The molecule has 1 amide bonds. The van der Waals surface area contributed by atoms with Crippen LogP contribution in [0.3, 0.4) is 0 Å². The van der Waals surface area contributed by atoms with E-state index in [-0.39, 0.29) is 11.9 Å². The molecule has 0 radical (unpaired) electrons. The standard InChI is InChI=1S/C24H32BrN5O2/c1-30(2)22-18-6-4-5-7-21(18)28-24(29-22)27-16-10-8-15(9-11-16)26-23(31)19-14-17(32-3)12-13-20(19)25/h12-16H,4-11H2,1-3H3,(H,26,31)(H,27,28,29)/t15-,16+. The molecular formula is C24H32BrN5O2.